The van der Waals surface area contributed by atoms with Gasteiger partial charge in [0.2, 0.25) is 6.79 Å². The van der Waals surface area contributed by atoms with Crippen LogP contribution in [0.5, 0.6) is 28.7 Å². The molecule has 7 nitrogen and oxygen atoms in total. The quantitative estimate of drug-likeness (QED) is 0.204. The average Bonchev–Trinajstić information content (AvgIpc) is 3.59. The van der Waals surface area contributed by atoms with Gasteiger partial charge in [0.15, 0.2) is 11.5 Å². The van der Waals surface area contributed by atoms with Crippen molar-refractivity contribution in [1.82, 2.24) is 0 Å². The summed E-state index contributed by atoms with van der Waals surface area (Å²) in [6.07, 6.45) is 6.50. The molecule has 0 spiro atoms. The van der Waals surface area contributed by atoms with Crippen LogP contribution in [0.15, 0.2) is 54.6 Å². The van der Waals surface area contributed by atoms with Crippen molar-refractivity contribution in [2.24, 2.45) is 5.92 Å². The summed E-state index contributed by atoms with van der Waals surface area (Å²) in [6.45, 7) is 5.58. The van der Waals surface area contributed by atoms with Crippen molar-refractivity contribution in [2.75, 3.05) is 27.1 Å². The number of methoxy groups -OCH3 is 1. The summed E-state index contributed by atoms with van der Waals surface area (Å²) in [5, 5.41) is 10.8. The molecular formula is C34H40O7. The maximum Gasteiger partial charge on any atom is 0.308 e. The third-order valence-corrected chi connectivity index (χ3v) is 8.02. The van der Waals surface area contributed by atoms with Crippen molar-refractivity contribution >= 4 is 5.97 Å². The van der Waals surface area contributed by atoms with Crippen molar-refractivity contribution in [3.8, 4) is 28.7 Å². The molecule has 3 aromatic carbocycles. The first kappa shape index (κ1) is 28.7. The molecule has 0 aromatic heterocycles. The van der Waals surface area contributed by atoms with Crippen LogP contribution >= 0.6 is 0 Å². The normalized spacial score (nSPS) is 18.7. The van der Waals surface area contributed by atoms with Crippen LogP contribution in [0.2, 0.25) is 0 Å². The van der Waals surface area contributed by atoms with Gasteiger partial charge in [-0.3, -0.25) is 4.79 Å². The summed E-state index contributed by atoms with van der Waals surface area (Å²) in [5.41, 5.74) is 3.61. The van der Waals surface area contributed by atoms with Gasteiger partial charge in [-0.05, 0) is 59.9 Å². The predicted molar refractivity (Wildman–Crippen MR) is 157 cm³/mol. The first-order valence-corrected chi connectivity index (χ1v) is 14.7. The molecule has 5 rings (SSSR count). The predicted octanol–water partition coefficient (Wildman–Crippen LogP) is 7.54. The maximum absolute atomic E-state index is 13.2. The van der Waals surface area contributed by atoms with Gasteiger partial charge >= 0.3 is 5.97 Å². The lowest BCUT2D eigenvalue weighted by atomic mass is 9.79. The molecule has 218 valence electrons. The Morgan fingerprint density at radius 1 is 0.780 bits per heavy atom. The number of hydrogen-bond acceptors (Lipinski definition) is 6. The molecule has 0 amide bonds. The lowest BCUT2D eigenvalue weighted by molar-refractivity contribution is -0.142. The van der Waals surface area contributed by atoms with Crippen LogP contribution in [0, 0.1) is 5.92 Å². The first-order chi connectivity index (χ1) is 20.0. The molecule has 2 aliphatic rings. The Hall–Kier alpha value is -3.87. The van der Waals surface area contributed by atoms with Crippen LogP contribution in [-0.2, 0) is 4.79 Å². The van der Waals surface area contributed by atoms with Gasteiger partial charge in [-0.25, -0.2) is 0 Å². The van der Waals surface area contributed by atoms with Gasteiger partial charge in [0.05, 0.1) is 26.2 Å². The second-order valence-electron chi connectivity index (χ2n) is 10.7. The molecule has 7 heteroatoms. The summed E-state index contributed by atoms with van der Waals surface area (Å²) in [6, 6.07) is 17.4. The van der Waals surface area contributed by atoms with E-state index in [9.17, 15) is 9.90 Å². The van der Waals surface area contributed by atoms with Crippen LogP contribution in [0.25, 0.3) is 0 Å². The molecule has 0 bridgehead atoms. The highest BCUT2D eigenvalue weighted by Crippen LogP contribution is 2.56. The van der Waals surface area contributed by atoms with E-state index < -0.39 is 23.7 Å². The van der Waals surface area contributed by atoms with Gasteiger partial charge < -0.3 is 28.8 Å². The largest absolute Gasteiger partial charge is 0.497 e. The van der Waals surface area contributed by atoms with E-state index >= 15 is 0 Å². The van der Waals surface area contributed by atoms with Crippen molar-refractivity contribution in [2.45, 2.75) is 64.2 Å². The number of rotatable bonds is 14. The second-order valence-corrected chi connectivity index (χ2v) is 10.7. The zero-order valence-electron chi connectivity index (χ0n) is 24.2. The highest BCUT2D eigenvalue weighted by molar-refractivity contribution is 5.78. The Morgan fingerprint density at radius 3 is 2.34 bits per heavy atom. The zero-order valence-corrected chi connectivity index (χ0v) is 24.2. The highest BCUT2D eigenvalue weighted by Gasteiger charge is 2.48. The van der Waals surface area contributed by atoms with E-state index in [0.717, 1.165) is 47.3 Å². The maximum atomic E-state index is 13.2. The summed E-state index contributed by atoms with van der Waals surface area (Å²) in [7, 11) is 1.63. The molecule has 1 heterocycles. The van der Waals surface area contributed by atoms with E-state index in [1.807, 2.05) is 54.6 Å². The fourth-order valence-corrected chi connectivity index (χ4v) is 6.05. The van der Waals surface area contributed by atoms with Gasteiger partial charge in [-0.1, -0.05) is 57.7 Å². The van der Waals surface area contributed by atoms with Gasteiger partial charge in [0, 0.05) is 23.5 Å². The van der Waals surface area contributed by atoms with Crippen molar-refractivity contribution in [3.05, 3.63) is 76.9 Å². The van der Waals surface area contributed by atoms with Gasteiger partial charge in [-0.15, -0.1) is 0 Å². The van der Waals surface area contributed by atoms with Crippen molar-refractivity contribution in [1.29, 1.82) is 0 Å². The lowest BCUT2D eigenvalue weighted by Crippen LogP contribution is -2.24. The standard InChI is InChI=1S/C34H40O7/c1-4-6-7-8-9-17-39-29-20-23(37-3)11-14-26(29)32-27-19-24(38-16-5-2)12-13-25(27)31(33(32)34(35)36)22-10-15-28-30(18-22)41-21-40-28/h10-15,18-20,31-33H,4-9,16-17,21H2,1-3H3,(H,35,36). The van der Waals surface area contributed by atoms with Crippen molar-refractivity contribution < 1.29 is 33.6 Å². The Kier molecular flexibility index (Phi) is 9.22. The topological polar surface area (TPSA) is 83.5 Å². The molecule has 0 saturated carbocycles. The molecule has 3 aromatic rings. The number of carboxylic acids is 1. The fourth-order valence-electron chi connectivity index (χ4n) is 6.05. The minimum Gasteiger partial charge on any atom is -0.497 e. The fraction of sp³-hybridized carbons (Fsp3) is 0.441. The molecule has 41 heavy (non-hydrogen) atoms. The number of benzene rings is 3. The van der Waals surface area contributed by atoms with E-state index in [1.54, 1.807) is 7.11 Å². The average molecular weight is 561 g/mol. The summed E-state index contributed by atoms with van der Waals surface area (Å²) in [5.74, 6) is 0.881. The van der Waals surface area contributed by atoms with Crippen LogP contribution in [-0.4, -0.2) is 38.2 Å². The molecule has 0 fully saturated rings. The van der Waals surface area contributed by atoms with Crippen LogP contribution < -0.4 is 23.7 Å². The Labute approximate surface area is 242 Å². The first-order valence-electron chi connectivity index (χ1n) is 14.7. The lowest BCUT2D eigenvalue weighted by Gasteiger charge is -2.25. The number of carboxylic acid groups (broad SMARTS) is 1. The molecule has 3 atom stereocenters. The number of hydrogen-bond donors (Lipinski definition) is 1. The number of unbranched alkanes of at least 4 members (excludes halogenated alkanes) is 4. The minimum absolute atomic E-state index is 0.161. The van der Waals surface area contributed by atoms with E-state index in [0.29, 0.717) is 36.2 Å². The molecule has 1 N–H and O–H groups in total. The van der Waals surface area contributed by atoms with Crippen LogP contribution in [0.3, 0.4) is 0 Å². The summed E-state index contributed by atoms with van der Waals surface area (Å²) >= 11 is 0. The monoisotopic (exact) mass is 560 g/mol. The molecule has 0 saturated heterocycles. The van der Waals surface area contributed by atoms with E-state index in [4.69, 9.17) is 23.7 Å². The van der Waals surface area contributed by atoms with E-state index in [-0.39, 0.29) is 6.79 Å². The molecule has 0 radical (unpaired) electrons. The molecule has 1 aliphatic carbocycles. The van der Waals surface area contributed by atoms with Gasteiger partial charge in [-0.2, -0.15) is 0 Å². The van der Waals surface area contributed by atoms with Gasteiger partial charge in [0.1, 0.15) is 17.2 Å². The number of carbonyl (C=O) groups is 1. The van der Waals surface area contributed by atoms with Crippen LogP contribution in [0.4, 0.5) is 0 Å². The van der Waals surface area contributed by atoms with Crippen molar-refractivity contribution in [3.63, 3.8) is 0 Å². The molecule has 1 aliphatic heterocycles. The summed E-state index contributed by atoms with van der Waals surface area (Å²) in [4.78, 5) is 13.2. The van der Waals surface area contributed by atoms with Crippen LogP contribution in [0.1, 0.15) is 86.5 Å². The Balaban J connectivity index is 1.58. The van der Waals surface area contributed by atoms with Gasteiger partial charge in [0.25, 0.3) is 0 Å². The third kappa shape index (κ3) is 6.09. The second kappa shape index (κ2) is 13.2. The third-order valence-electron chi connectivity index (χ3n) is 8.02. The number of ether oxygens (including phenoxy) is 5. The Bertz CT molecular complexity index is 1350. The smallest absolute Gasteiger partial charge is 0.308 e. The van der Waals surface area contributed by atoms with E-state index in [1.165, 1.54) is 19.3 Å². The summed E-state index contributed by atoms with van der Waals surface area (Å²) < 4.78 is 29.1. The minimum atomic E-state index is -0.869. The van der Waals surface area contributed by atoms with E-state index in [2.05, 4.69) is 13.8 Å². The SMILES string of the molecule is CCCCCCCOc1cc(OC)ccc1C1c2cc(OCCC)ccc2C(c2ccc3c(c2)OCO3)C1C(=O)O. The number of aliphatic carboxylic acids is 1. The Morgan fingerprint density at radius 2 is 1.56 bits per heavy atom. The highest BCUT2D eigenvalue weighted by atomic mass is 16.7. The molecular weight excluding hydrogens is 520 g/mol. The molecule has 3 unspecified atom stereocenters. The zero-order chi connectivity index (χ0) is 28.8. The number of fused-ring (bicyclic) bond motifs is 2.